The number of hydrogen-bond acceptors (Lipinski definition) is 2. The van der Waals surface area contributed by atoms with E-state index in [0.29, 0.717) is 12.2 Å². The van der Waals surface area contributed by atoms with Crippen LogP contribution in [0.25, 0.3) is 0 Å². The maximum atomic E-state index is 11.8. The van der Waals surface area contributed by atoms with Gasteiger partial charge >= 0.3 is 0 Å². The van der Waals surface area contributed by atoms with Gasteiger partial charge in [-0.05, 0) is 18.9 Å². The zero-order valence-corrected chi connectivity index (χ0v) is 10.1. The summed E-state index contributed by atoms with van der Waals surface area (Å²) >= 11 is 0. The summed E-state index contributed by atoms with van der Waals surface area (Å²) in [5, 5.41) is 4.33. The number of hydrogen-bond donors (Lipinski definition) is 0. The smallest absolute Gasteiger partial charge is 0.141 e. The summed E-state index contributed by atoms with van der Waals surface area (Å²) < 4.78 is 1.82. The van der Waals surface area contributed by atoms with Crippen molar-refractivity contribution >= 4 is 5.78 Å². The molecule has 1 aromatic heterocycles. The molecular weight excluding hydrogens is 188 g/mol. The average molecular weight is 208 g/mol. The van der Waals surface area contributed by atoms with Crippen LogP contribution in [0.3, 0.4) is 0 Å². The topological polar surface area (TPSA) is 34.9 Å². The third-order valence-electron chi connectivity index (χ3n) is 2.91. The van der Waals surface area contributed by atoms with E-state index in [-0.39, 0.29) is 5.92 Å². The Morgan fingerprint density at radius 3 is 2.67 bits per heavy atom. The number of ketones is 1. The number of aryl methyl sites for hydroxylation is 2. The SMILES string of the molecule is CCc1cc(CC(=O)C(C)CC)n(C)n1. The van der Waals surface area contributed by atoms with Crippen molar-refractivity contribution in [3.63, 3.8) is 0 Å². The predicted octanol–water partition coefficient (Wildman–Crippen LogP) is 2.14. The minimum absolute atomic E-state index is 0.157. The summed E-state index contributed by atoms with van der Waals surface area (Å²) in [6, 6.07) is 2.03. The highest BCUT2D eigenvalue weighted by atomic mass is 16.1. The second-order valence-electron chi connectivity index (χ2n) is 4.06. The number of carbonyl (C=O) groups excluding carboxylic acids is 1. The van der Waals surface area contributed by atoms with Gasteiger partial charge < -0.3 is 0 Å². The summed E-state index contributed by atoms with van der Waals surface area (Å²) in [4.78, 5) is 11.8. The Balaban J connectivity index is 2.71. The Kier molecular flexibility index (Phi) is 4.06. The number of aromatic nitrogens is 2. The Bertz CT molecular complexity index is 341. The van der Waals surface area contributed by atoms with Crippen molar-refractivity contribution in [2.45, 2.75) is 40.0 Å². The van der Waals surface area contributed by atoms with Crippen LogP contribution < -0.4 is 0 Å². The van der Waals surface area contributed by atoms with Crippen molar-refractivity contribution in [1.82, 2.24) is 9.78 Å². The molecule has 0 fully saturated rings. The van der Waals surface area contributed by atoms with E-state index in [0.717, 1.165) is 24.2 Å². The number of Topliss-reactive ketones (excluding diaryl/α,β-unsaturated/α-hetero) is 1. The van der Waals surface area contributed by atoms with Crippen LogP contribution in [0.15, 0.2) is 6.07 Å². The van der Waals surface area contributed by atoms with E-state index in [2.05, 4.69) is 12.0 Å². The molecule has 1 heterocycles. The van der Waals surface area contributed by atoms with E-state index in [9.17, 15) is 4.79 Å². The summed E-state index contributed by atoms with van der Waals surface area (Å²) in [6.45, 7) is 6.10. The molecule has 0 saturated heterocycles. The van der Waals surface area contributed by atoms with E-state index in [1.807, 2.05) is 31.6 Å². The van der Waals surface area contributed by atoms with Crippen molar-refractivity contribution in [2.24, 2.45) is 13.0 Å². The van der Waals surface area contributed by atoms with Crippen molar-refractivity contribution in [3.05, 3.63) is 17.5 Å². The first kappa shape index (κ1) is 12.0. The molecule has 0 aliphatic heterocycles. The second-order valence-corrected chi connectivity index (χ2v) is 4.06. The number of carbonyl (C=O) groups is 1. The molecule has 0 amide bonds. The fourth-order valence-electron chi connectivity index (χ4n) is 1.49. The summed E-state index contributed by atoms with van der Waals surface area (Å²) in [7, 11) is 1.90. The zero-order chi connectivity index (χ0) is 11.4. The van der Waals surface area contributed by atoms with Gasteiger partial charge in [-0.25, -0.2) is 0 Å². The number of nitrogens with zero attached hydrogens (tertiary/aromatic N) is 2. The molecule has 15 heavy (non-hydrogen) atoms. The van der Waals surface area contributed by atoms with E-state index in [1.54, 1.807) is 0 Å². The monoisotopic (exact) mass is 208 g/mol. The largest absolute Gasteiger partial charge is 0.299 e. The molecule has 0 N–H and O–H groups in total. The molecule has 0 aromatic carbocycles. The van der Waals surface area contributed by atoms with Crippen molar-refractivity contribution in [1.29, 1.82) is 0 Å². The molecule has 3 heteroatoms. The quantitative estimate of drug-likeness (QED) is 0.743. The maximum Gasteiger partial charge on any atom is 0.141 e. The van der Waals surface area contributed by atoms with Crippen LogP contribution in [0.2, 0.25) is 0 Å². The van der Waals surface area contributed by atoms with E-state index < -0.39 is 0 Å². The lowest BCUT2D eigenvalue weighted by atomic mass is 10.00. The maximum absolute atomic E-state index is 11.8. The lowest BCUT2D eigenvalue weighted by Gasteiger charge is -2.06. The summed E-state index contributed by atoms with van der Waals surface area (Å²) in [5.74, 6) is 0.466. The van der Waals surface area contributed by atoms with Crippen LogP contribution in [0.1, 0.15) is 38.6 Å². The molecule has 1 atom stereocenters. The lowest BCUT2D eigenvalue weighted by Crippen LogP contribution is -2.14. The van der Waals surface area contributed by atoms with Gasteiger partial charge in [-0.1, -0.05) is 20.8 Å². The van der Waals surface area contributed by atoms with Crippen molar-refractivity contribution in [2.75, 3.05) is 0 Å². The van der Waals surface area contributed by atoms with Gasteiger partial charge in [0.05, 0.1) is 5.69 Å². The highest BCUT2D eigenvalue weighted by Gasteiger charge is 2.14. The van der Waals surface area contributed by atoms with Crippen LogP contribution >= 0.6 is 0 Å². The van der Waals surface area contributed by atoms with Crippen LogP contribution in [-0.2, 0) is 24.7 Å². The van der Waals surface area contributed by atoms with Gasteiger partial charge in [0, 0.05) is 25.1 Å². The Morgan fingerprint density at radius 1 is 1.53 bits per heavy atom. The fraction of sp³-hybridized carbons (Fsp3) is 0.667. The highest BCUT2D eigenvalue weighted by Crippen LogP contribution is 2.10. The van der Waals surface area contributed by atoms with Crippen LogP contribution in [0.5, 0.6) is 0 Å². The first-order chi connectivity index (χ1) is 7.08. The van der Waals surface area contributed by atoms with Gasteiger partial charge in [0.15, 0.2) is 0 Å². The third kappa shape index (κ3) is 2.91. The molecule has 1 aromatic rings. The summed E-state index contributed by atoms with van der Waals surface area (Å²) in [5.41, 5.74) is 2.08. The molecule has 84 valence electrons. The van der Waals surface area contributed by atoms with E-state index in [1.165, 1.54) is 0 Å². The standard InChI is InChI=1S/C12H20N2O/c1-5-9(3)12(15)8-11-7-10(6-2)13-14(11)4/h7,9H,5-6,8H2,1-4H3. The molecule has 3 nitrogen and oxygen atoms in total. The molecule has 1 rings (SSSR count). The normalized spacial score (nSPS) is 12.8. The van der Waals surface area contributed by atoms with Crippen molar-refractivity contribution < 1.29 is 4.79 Å². The van der Waals surface area contributed by atoms with E-state index >= 15 is 0 Å². The van der Waals surface area contributed by atoms with Gasteiger partial charge in [0.2, 0.25) is 0 Å². The Morgan fingerprint density at radius 2 is 2.20 bits per heavy atom. The second kappa shape index (κ2) is 5.10. The highest BCUT2D eigenvalue weighted by molar-refractivity contribution is 5.82. The van der Waals surface area contributed by atoms with E-state index in [4.69, 9.17) is 0 Å². The molecule has 0 saturated carbocycles. The Hall–Kier alpha value is -1.12. The van der Waals surface area contributed by atoms with Gasteiger partial charge in [0.1, 0.15) is 5.78 Å². The molecular formula is C12H20N2O. The van der Waals surface area contributed by atoms with Gasteiger partial charge in [-0.15, -0.1) is 0 Å². The zero-order valence-electron chi connectivity index (χ0n) is 10.1. The minimum atomic E-state index is 0.157. The molecule has 0 spiro atoms. The third-order valence-corrected chi connectivity index (χ3v) is 2.91. The first-order valence-corrected chi connectivity index (χ1v) is 5.63. The molecule has 1 unspecified atom stereocenters. The van der Waals surface area contributed by atoms with Gasteiger partial charge in [-0.2, -0.15) is 5.10 Å². The van der Waals surface area contributed by atoms with Gasteiger partial charge in [-0.3, -0.25) is 9.48 Å². The lowest BCUT2D eigenvalue weighted by molar-refractivity contribution is -0.121. The molecule has 0 aliphatic rings. The minimum Gasteiger partial charge on any atom is -0.299 e. The van der Waals surface area contributed by atoms with Crippen molar-refractivity contribution in [3.8, 4) is 0 Å². The predicted molar refractivity (Wildman–Crippen MR) is 60.8 cm³/mol. The molecule has 0 aliphatic carbocycles. The van der Waals surface area contributed by atoms with Crippen LogP contribution in [-0.4, -0.2) is 15.6 Å². The van der Waals surface area contributed by atoms with Crippen LogP contribution in [0.4, 0.5) is 0 Å². The first-order valence-electron chi connectivity index (χ1n) is 5.63. The Labute approximate surface area is 91.5 Å². The molecule has 0 radical (unpaired) electrons. The van der Waals surface area contributed by atoms with Gasteiger partial charge in [0.25, 0.3) is 0 Å². The summed E-state index contributed by atoms with van der Waals surface area (Å²) in [6.07, 6.45) is 2.35. The fourth-order valence-corrected chi connectivity index (χ4v) is 1.49. The average Bonchev–Trinajstić information content (AvgIpc) is 2.58. The van der Waals surface area contributed by atoms with Crippen LogP contribution in [0, 0.1) is 5.92 Å². The number of rotatable bonds is 5. The molecule has 0 bridgehead atoms.